The number of likely N-dealkylation sites (N-methyl/N-ethyl adjacent to an activating group) is 1. The minimum Gasteiger partial charge on any atom is -0.421 e. The molecule has 0 saturated heterocycles. The molecule has 26 heavy (non-hydrogen) atoms. The van der Waals surface area contributed by atoms with Crippen molar-refractivity contribution >= 4 is 16.8 Å². The molecule has 0 N–H and O–H groups in total. The molecule has 2 aromatic heterocycles. The maximum absolute atomic E-state index is 12.8. The molecule has 2 heterocycles. The van der Waals surface area contributed by atoms with E-state index in [1.54, 1.807) is 6.92 Å². The van der Waals surface area contributed by atoms with Crippen LogP contribution in [0, 0.1) is 6.92 Å². The first-order valence-corrected chi connectivity index (χ1v) is 9.27. The van der Waals surface area contributed by atoms with Gasteiger partial charge in [-0.2, -0.15) is 0 Å². The fourth-order valence-electron chi connectivity index (χ4n) is 3.80. The van der Waals surface area contributed by atoms with E-state index in [1.807, 2.05) is 47.0 Å². The Kier molecular flexibility index (Phi) is 4.49. The molecule has 6 heteroatoms. The monoisotopic (exact) mass is 352 g/mol. The number of fused-ring (bicyclic) bond motifs is 1. The van der Waals surface area contributed by atoms with Gasteiger partial charge in [0.25, 0.3) is 0 Å². The third-order valence-electron chi connectivity index (χ3n) is 5.37. The normalized spacial score (nSPS) is 15.5. The van der Waals surface area contributed by atoms with Crippen molar-refractivity contribution in [2.75, 3.05) is 7.05 Å². The molecule has 0 radical (unpaired) electrons. The van der Waals surface area contributed by atoms with E-state index in [-0.39, 0.29) is 5.91 Å². The van der Waals surface area contributed by atoms with E-state index < -0.39 is 0 Å². The van der Waals surface area contributed by atoms with Crippen molar-refractivity contribution in [2.45, 2.75) is 51.6 Å². The first-order chi connectivity index (χ1) is 12.6. The van der Waals surface area contributed by atoms with Crippen LogP contribution in [0.25, 0.3) is 22.4 Å². The number of benzene rings is 1. The summed E-state index contributed by atoms with van der Waals surface area (Å²) in [5, 5.41) is 9.07. The van der Waals surface area contributed by atoms with Gasteiger partial charge in [0.1, 0.15) is 6.54 Å². The van der Waals surface area contributed by atoms with Gasteiger partial charge in [0.15, 0.2) is 0 Å². The van der Waals surface area contributed by atoms with Crippen LogP contribution in [-0.4, -0.2) is 38.7 Å². The van der Waals surface area contributed by atoms with Crippen molar-refractivity contribution in [1.29, 1.82) is 0 Å². The van der Waals surface area contributed by atoms with Gasteiger partial charge in [-0.05, 0) is 36.4 Å². The molecule has 0 spiro atoms. The van der Waals surface area contributed by atoms with Crippen LogP contribution in [0.1, 0.15) is 38.0 Å². The third kappa shape index (κ3) is 3.23. The summed E-state index contributed by atoms with van der Waals surface area (Å²) < 4.78 is 7.53. The Morgan fingerprint density at radius 1 is 1.23 bits per heavy atom. The van der Waals surface area contributed by atoms with E-state index in [1.165, 1.54) is 19.3 Å². The number of carbonyl (C=O) groups excluding carboxylic acids is 1. The van der Waals surface area contributed by atoms with Crippen LogP contribution >= 0.6 is 0 Å². The number of carbonyl (C=O) groups is 1. The van der Waals surface area contributed by atoms with Crippen LogP contribution in [-0.2, 0) is 11.3 Å². The molecule has 1 saturated carbocycles. The SMILES string of the molecule is Cc1nnc(-c2ccc3ccn(CC(=O)N(C)C4CCCCC4)c3c2)o1. The maximum Gasteiger partial charge on any atom is 0.247 e. The van der Waals surface area contributed by atoms with Crippen LogP contribution in [0.5, 0.6) is 0 Å². The Morgan fingerprint density at radius 2 is 2.04 bits per heavy atom. The Labute approximate surface area is 152 Å². The van der Waals surface area contributed by atoms with Crippen LogP contribution in [0.4, 0.5) is 0 Å². The van der Waals surface area contributed by atoms with Gasteiger partial charge in [-0.15, -0.1) is 10.2 Å². The lowest BCUT2D eigenvalue weighted by Gasteiger charge is -2.31. The predicted octanol–water partition coefficient (Wildman–Crippen LogP) is 3.79. The fraction of sp³-hybridized carbons (Fsp3) is 0.450. The summed E-state index contributed by atoms with van der Waals surface area (Å²) >= 11 is 0. The largest absolute Gasteiger partial charge is 0.421 e. The molecule has 0 aliphatic heterocycles. The molecule has 3 aromatic rings. The maximum atomic E-state index is 12.8. The predicted molar refractivity (Wildman–Crippen MR) is 99.6 cm³/mol. The van der Waals surface area contributed by atoms with E-state index in [0.717, 1.165) is 29.3 Å². The molecule has 1 aromatic carbocycles. The van der Waals surface area contributed by atoms with Gasteiger partial charge in [-0.3, -0.25) is 4.79 Å². The lowest BCUT2D eigenvalue weighted by molar-refractivity contribution is -0.133. The molecule has 6 nitrogen and oxygen atoms in total. The summed E-state index contributed by atoms with van der Waals surface area (Å²) in [4.78, 5) is 14.7. The molecule has 1 aliphatic rings. The summed E-state index contributed by atoms with van der Waals surface area (Å²) in [5.74, 6) is 1.20. The van der Waals surface area contributed by atoms with Gasteiger partial charge in [0, 0.05) is 37.3 Å². The summed E-state index contributed by atoms with van der Waals surface area (Å²) in [6.07, 6.45) is 7.95. The highest BCUT2D eigenvalue weighted by Crippen LogP contribution is 2.25. The number of hydrogen-bond donors (Lipinski definition) is 0. The van der Waals surface area contributed by atoms with Gasteiger partial charge >= 0.3 is 0 Å². The van der Waals surface area contributed by atoms with Crippen LogP contribution < -0.4 is 0 Å². The lowest BCUT2D eigenvalue weighted by atomic mass is 9.94. The van der Waals surface area contributed by atoms with E-state index in [0.29, 0.717) is 24.4 Å². The van der Waals surface area contributed by atoms with Crippen molar-refractivity contribution in [3.63, 3.8) is 0 Å². The summed E-state index contributed by atoms with van der Waals surface area (Å²) in [6.45, 7) is 2.13. The van der Waals surface area contributed by atoms with Gasteiger partial charge in [-0.25, -0.2) is 0 Å². The van der Waals surface area contributed by atoms with E-state index >= 15 is 0 Å². The molecule has 1 amide bonds. The van der Waals surface area contributed by atoms with E-state index in [4.69, 9.17) is 4.42 Å². The average Bonchev–Trinajstić information content (AvgIpc) is 3.28. The van der Waals surface area contributed by atoms with Crippen molar-refractivity contribution in [3.05, 3.63) is 36.4 Å². The molecule has 1 fully saturated rings. The van der Waals surface area contributed by atoms with Crippen molar-refractivity contribution in [3.8, 4) is 11.5 Å². The van der Waals surface area contributed by atoms with Crippen LogP contribution in [0.3, 0.4) is 0 Å². The quantitative estimate of drug-likeness (QED) is 0.716. The average molecular weight is 352 g/mol. The number of aromatic nitrogens is 3. The van der Waals surface area contributed by atoms with E-state index in [9.17, 15) is 4.79 Å². The molecular weight excluding hydrogens is 328 g/mol. The highest BCUT2D eigenvalue weighted by atomic mass is 16.4. The Bertz CT molecular complexity index is 921. The van der Waals surface area contributed by atoms with Gasteiger partial charge in [0.2, 0.25) is 17.7 Å². The van der Waals surface area contributed by atoms with Crippen molar-refractivity contribution < 1.29 is 9.21 Å². The molecule has 0 bridgehead atoms. The van der Waals surface area contributed by atoms with Gasteiger partial charge < -0.3 is 13.9 Å². The number of amides is 1. The zero-order chi connectivity index (χ0) is 18.1. The summed E-state index contributed by atoms with van der Waals surface area (Å²) in [6, 6.07) is 8.42. The molecular formula is C20H24N4O2. The highest BCUT2D eigenvalue weighted by molar-refractivity contribution is 5.86. The minimum atomic E-state index is 0.161. The zero-order valence-electron chi connectivity index (χ0n) is 15.3. The number of hydrogen-bond acceptors (Lipinski definition) is 4. The summed E-state index contributed by atoms with van der Waals surface area (Å²) in [7, 11) is 1.94. The molecule has 4 rings (SSSR count). The second-order valence-electron chi connectivity index (χ2n) is 7.14. The second kappa shape index (κ2) is 6.94. The molecule has 136 valence electrons. The van der Waals surface area contributed by atoms with Crippen LogP contribution in [0.2, 0.25) is 0 Å². The zero-order valence-corrected chi connectivity index (χ0v) is 15.3. The topological polar surface area (TPSA) is 64.2 Å². The number of aryl methyl sites for hydroxylation is 1. The molecule has 1 aliphatic carbocycles. The van der Waals surface area contributed by atoms with Crippen LogP contribution in [0.15, 0.2) is 34.9 Å². The first kappa shape index (κ1) is 16.8. The van der Waals surface area contributed by atoms with Crippen molar-refractivity contribution in [2.24, 2.45) is 0 Å². The fourth-order valence-corrected chi connectivity index (χ4v) is 3.80. The third-order valence-corrected chi connectivity index (χ3v) is 5.37. The smallest absolute Gasteiger partial charge is 0.247 e. The van der Waals surface area contributed by atoms with Crippen molar-refractivity contribution in [1.82, 2.24) is 19.7 Å². The Balaban J connectivity index is 1.57. The molecule has 0 unspecified atom stereocenters. The Morgan fingerprint density at radius 3 is 2.77 bits per heavy atom. The Hall–Kier alpha value is -2.63. The standard InChI is InChI=1S/C20H24N4O2/c1-14-21-22-20(26-14)16-9-8-15-10-11-24(18(15)12-16)13-19(25)23(2)17-6-4-3-5-7-17/h8-12,17H,3-7,13H2,1-2H3. The number of rotatable bonds is 4. The van der Waals surface area contributed by atoms with Gasteiger partial charge in [-0.1, -0.05) is 25.3 Å². The lowest BCUT2D eigenvalue weighted by Crippen LogP contribution is -2.40. The van der Waals surface area contributed by atoms with Gasteiger partial charge in [0.05, 0.1) is 0 Å². The first-order valence-electron chi connectivity index (χ1n) is 9.27. The van der Waals surface area contributed by atoms with E-state index in [2.05, 4.69) is 10.2 Å². The minimum absolute atomic E-state index is 0.161. The second-order valence-corrected chi connectivity index (χ2v) is 7.14. The highest BCUT2D eigenvalue weighted by Gasteiger charge is 2.22. The number of nitrogens with zero attached hydrogens (tertiary/aromatic N) is 4. The summed E-state index contributed by atoms with van der Waals surface area (Å²) in [5.41, 5.74) is 1.87. The molecule has 0 atom stereocenters.